The van der Waals surface area contributed by atoms with Crippen LogP contribution in [0.4, 0.5) is 11.8 Å². The van der Waals surface area contributed by atoms with E-state index in [1.54, 1.807) is 6.20 Å². The van der Waals surface area contributed by atoms with Crippen LogP contribution in [0.1, 0.15) is 27.2 Å². The third kappa shape index (κ3) is 4.96. The standard InChI is InChI=1S/C13H22BrN5O/c1-4-7-16-13-17-8-10(14)12(18-13)19(6-3)9-11(20)15-5-2/h8H,4-7,9H2,1-3H3,(H,15,20)(H,16,17,18). The molecule has 1 heterocycles. The van der Waals surface area contributed by atoms with E-state index in [-0.39, 0.29) is 12.5 Å². The molecule has 1 rings (SSSR count). The molecular weight excluding hydrogens is 322 g/mol. The van der Waals surface area contributed by atoms with Crippen molar-refractivity contribution in [2.45, 2.75) is 27.2 Å². The van der Waals surface area contributed by atoms with Gasteiger partial charge >= 0.3 is 0 Å². The Hall–Kier alpha value is -1.37. The summed E-state index contributed by atoms with van der Waals surface area (Å²) in [5, 5.41) is 5.94. The second-order valence-electron chi connectivity index (χ2n) is 4.26. The first-order chi connectivity index (χ1) is 9.62. The van der Waals surface area contributed by atoms with Crippen LogP contribution in [0.15, 0.2) is 10.7 Å². The Morgan fingerprint density at radius 2 is 2.15 bits per heavy atom. The van der Waals surface area contributed by atoms with Crippen LogP contribution in [0.5, 0.6) is 0 Å². The van der Waals surface area contributed by atoms with E-state index in [0.717, 1.165) is 23.3 Å². The first-order valence-electron chi connectivity index (χ1n) is 6.90. The maximum Gasteiger partial charge on any atom is 0.239 e. The van der Waals surface area contributed by atoms with Gasteiger partial charge in [-0.05, 0) is 36.2 Å². The van der Waals surface area contributed by atoms with Crippen LogP contribution < -0.4 is 15.5 Å². The van der Waals surface area contributed by atoms with Gasteiger partial charge in [-0.1, -0.05) is 6.92 Å². The molecule has 0 saturated carbocycles. The van der Waals surface area contributed by atoms with Gasteiger partial charge in [0.2, 0.25) is 11.9 Å². The smallest absolute Gasteiger partial charge is 0.239 e. The number of aromatic nitrogens is 2. The van der Waals surface area contributed by atoms with E-state index >= 15 is 0 Å². The number of hydrogen-bond donors (Lipinski definition) is 2. The number of nitrogens with zero attached hydrogens (tertiary/aromatic N) is 3. The first-order valence-corrected chi connectivity index (χ1v) is 7.69. The van der Waals surface area contributed by atoms with Crippen LogP contribution in [0, 0.1) is 0 Å². The van der Waals surface area contributed by atoms with Gasteiger partial charge in [-0.25, -0.2) is 4.98 Å². The summed E-state index contributed by atoms with van der Waals surface area (Å²) in [4.78, 5) is 22.3. The van der Waals surface area contributed by atoms with Crippen LogP contribution in [-0.4, -0.2) is 42.1 Å². The molecule has 0 aliphatic heterocycles. The van der Waals surface area contributed by atoms with Gasteiger partial charge in [0.1, 0.15) is 5.82 Å². The van der Waals surface area contributed by atoms with Gasteiger partial charge < -0.3 is 15.5 Å². The first kappa shape index (κ1) is 16.7. The number of nitrogens with one attached hydrogen (secondary N) is 2. The minimum Gasteiger partial charge on any atom is -0.355 e. The summed E-state index contributed by atoms with van der Waals surface area (Å²) in [5.41, 5.74) is 0. The summed E-state index contributed by atoms with van der Waals surface area (Å²) < 4.78 is 0.783. The normalized spacial score (nSPS) is 10.2. The fourth-order valence-corrected chi connectivity index (χ4v) is 2.11. The minimum absolute atomic E-state index is 0.0112. The minimum atomic E-state index is -0.0112. The van der Waals surface area contributed by atoms with Crippen LogP contribution in [0.2, 0.25) is 0 Å². The highest BCUT2D eigenvalue weighted by molar-refractivity contribution is 9.10. The zero-order chi connectivity index (χ0) is 15.0. The van der Waals surface area contributed by atoms with Crippen molar-refractivity contribution in [3.63, 3.8) is 0 Å². The predicted octanol–water partition coefficient (Wildman–Crippen LogP) is 2.02. The maximum atomic E-state index is 11.7. The summed E-state index contributed by atoms with van der Waals surface area (Å²) in [6.07, 6.45) is 2.71. The summed E-state index contributed by atoms with van der Waals surface area (Å²) in [5.74, 6) is 1.30. The third-order valence-corrected chi connectivity index (χ3v) is 3.21. The van der Waals surface area contributed by atoms with Crippen molar-refractivity contribution in [3.8, 4) is 0 Å². The Morgan fingerprint density at radius 3 is 2.75 bits per heavy atom. The highest BCUT2D eigenvalue weighted by Gasteiger charge is 2.15. The molecule has 0 aromatic carbocycles. The molecule has 0 bridgehead atoms. The highest BCUT2D eigenvalue weighted by atomic mass is 79.9. The molecule has 1 aromatic heterocycles. The Labute approximate surface area is 128 Å². The Balaban J connectivity index is 2.86. The fourth-order valence-electron chi connectivity index (χ4n) is 1.66. The molecule has 20 heavy (non-hydrogen) atoms. The number of hydrogen-bond acceptors (Lipinski definition) is 5. The molecule has 112 valence electrons. The van der Waals surface area contributed by atoms with Crippen molar-refractivity contribution in [2.24, 2.45) is 0 Å². The molecule has 0 atom stereocenters. The lowest BCUT2D eigenvalue weighted by atomic mass is 10.4. The van der Waals surface area contributed by atoms with Crippen molar-refractivity contribution < 1.29 is 4.79 Å². The average Bonchev–Trinajstić information content (AvgIpc) is 2.44. The van der Waals surface area contributed by atoms with Gasteiger partial charge in [-0.3, -0.25) is 4.79 Å². The summed E-state index contributed by atoms with van der Waals surface area (Å²) in [6.45, 7) is 8.41. The molecule has 0 spiro atoms. The number of halogens is 1. The molecule has 2 N–H and O–H groups in total. The van der Waals surface area contributed by atoms with E-state index < -0.39 is 0 Å². The van der Waals surface area contributed by atoms with Gasteiger partial charge in [0.05, 0.1) is 11.0 Å². The van der Waals surface area contributed by atoms with Crippen LogP contribution in [0.3, 0.4) is 0 Å². The molecule has 0 unspecified atom stereocenters. The molecule has 0 saturated heterocycles. The molecule has 0 fully saturated rings. The molecule has 6 nitrogen and oxygen atoms in total. The number of likely N-dealkylation sites (N-methyl/N-ethyl adjacent to an activating group) is 2. The Bertz CT molecular complexity index is 441. The van der Waals surface area contributed by atoms with Crippen molar-refractivity contribution in [3.05, 3.63) is 10.7 Å². The van der Waals surface area contributed by atoms with Crippen molar-refractivity contribution >= 4 is 33.6 Å². The Morgan fingerprint density at radius 1 is 1.40 bits per heavy atom. The van der Waals surface area contributed by atoms with Crippen molar-refractivity contribution in [1.82, 2.24) is 15.3 Å². The monoisotopic (exact) mass is 343 g/mol. The van der Waals surface area contributed by atoms with Gasteiger partial charge in [0.15, 0.2) is 0 Å². The van der Waals surface area contributed by atoms with E-state index in [1.165, 1.54) is 0 Å². The maximum absolute atomic E-state index is 11.7. The quantitative estimate of drug-likeness (QED) is 0.755. The second kappa shape index (κ2) is 8.73. The number of carbonyl (C=O) groups excluding carboxylic acids is 1. The number of carbonyl (C=O) groups is 1. The summed E-state index contributed by atoms with van der Waals surface area (Å²) in [6, 6.07) is 0. The largest absolute Gasteiger partial charge is 0.355 e. The van der Waals surface area contributed by atoms with E-state index in [0.29, 0.717) is 19.0 Å². The van der Waals surface area contributed by atoms with Crippen molar-refractivity contribution in [2.75, 3.05) is 36.4 Å². The van der Waals surface area contributed by atoms with Crippen LogP contribution in [-0.2, 0) is 4.79 Å². The zero-order valence-corrected chi connectivity index (χ0v) is 13.8. The number of amides is 1. The molecule has 1 amide bonds. The van der Waals surface area contributed by atoms with E-state index in [4.69, 9.17) is 0 Å². The predicted molar refractivity (Wildman–Crippen MR) is 85.1 cm³/mol. The third-order valence-electron chi connectivity index (χ3n) is 2.65. The molecular formula is C13H22BrN5O. The van der Waals surface area contributed by atoms with E-state index in [9.17, 15) is 4.79 Å². The summed E-state index contributed by atoms with van der Waals surface area (Å²) in [7, 11) is 0. The van der Waals surface area contributed by atoms with Crippen LogP contribution in [0.25, 0.3) is 0 Å². The SMILES string of the molecule is CCCNc1ncc(Br)c(N(CC)CC(=O)NCC)n1. The van der Waals surface area contributed by atoms with Crippen LogP contribution >= 0.6 is 15.9 Å². The molecule has 0 radical (unpaired) electrons. The molecule has 0 aliphatic rings. The fraction of sp³-hybridized carbons (Fsp3) is 0.615. The number of anilines is 2. The molecule has 0 aliphatic carbocycles. The second-order valence-corrected chi connectivity index (χ2v) is 5.11. The number of rotatable bonds is 8. The average molecular weight is 344 g/mol. The van der Waals surface area contributed by atoms with E-state index in [2.05, 4.69) is 43.5 Å². The van der Waals surface area contributed by atoms with Crippen molar-refractivity contribution in [1.29, 1.82) is 0 Å². The topological polar surface area (TPSA) is 70.2 Å². The van der Waals surface area contributed by atoms with Gasteiger partial charge in [0, 0.05) is 25.8 Å². The zero-order valence-electron chi connectivity index (χ0n) is 12.2. The van der Waals surface area contributed by atoms with Gasteiger partial charge in [-0.15, -0.1) is 0 Å². The van der Waals surface area contributed by atoms with Gasteiger partial charge in [0.25, 0.3) is 0 Å². The Kier molecular flexibility index (Phi) is 7.28. The molecule has 1 aromatic rings. The molecule has 7 heteroatoms. The summed E-state index contributed by atoms with van der Waals surface area (Å²) >= 11 is 3.44. The highest BCUT2D eigenvalue weighted by Crippen LogP contribution is 2.24. The lowest BCUT2D eigenvalue weighted by Crippen LogP contribution is -2.37. The lowest BCUT2D eigenvalue weighted by molar-refractivity contribution is -0.119. The van der Waals surface area contributed by atoms with E-state index in [1.807, 2.05) is 18.7 Å². The van der Waals surface area contributed by atoms with Gasteiger partial charge in [-0.2, -0.15) is 4.98 Å². The lowest BCUT2D eigenvalue weighted by Gasteiger charge is -2.22.